The molecule has 162 valence electrons. The van der Waals surface area contributed by atoms with Crippen LogP contribution in [0.3, 0.4) is 0 Å². The summed E-state index contributed by atoms with van der Waals surface area (Å²) in [5.74, 6) is -2.84. The molecule has 0 radical (unpaired) electrons. The van der Waals surface area contributed by atoms with Crippen LogP contribution < -0.4 is 16.0 Å². The highest BCUT2D eigenvalue weighted by molar-refractivity contribution is 5.92. The van der Waals surface area contributed by atoms with Crippen LogP contribution >= 0.6 is 0 Å². The molecule has 0 aliphatic heterocycles. The number of carbonyl (C=O) groups is 3. The molecule has 0 fully saturated rings. The van der Waals surface area contributed by atoms with Crippen molar-refractivity contribution in [1.29, 1.82) is 0 Å². The van der Waals surface area contributed by atoms with Crippen molar-refractivity contribution >= 4 is 17.9 Å². The number of rotatable bonds is 10. The second-order valence-corrected chi connectivity index (χ2v) is 6.24. The molecule has 0 heterocycles. The molecule has 3 amide bonds. The predicted molar refractivity (Wildman–Crippen MR) is 99.8 cm³/mol. The summed E-state index contributed by atoms with van der Waals surface area (Å²) in [5.41, 5.74) is -2.81. The van der Waals surface area contributed by atoms with Gasteiger partial charge < -0.3 is 15.4 Å². The molecule has 0 saturated carbocycles. The Morgan fingerprint density at radius 1 is 1.03 bits per heavy atom. The third-order valence-electron chi connectivity index (χ3n) is 3.93. The molecule has 1 aromatic carbocycles. The van der Waals surface area contributed by atoms with E-state index in [0.717, 1.165) is 5.56 Å². The number of urea groups is 1. The minimum Gasteiger partial charge on any atom is -0.463 e. The lowest BCUT2D eigenvalue weighted by Gasteiger charge is -2.34. The van der Waals surface area contributed by atoms with Crippen LogP contribution in [0.5, 0.6) is 0 Å². The number of alkyl halides is 3. The van der Waals surface area contributed by atoms with Crippen molar-refractivity contribution in [2.45, 2.75) is 51.4 Å². The van der Waals surface area contributed by atoms with Crippen molar-refractivity contribution in [3.63, 3.8) is 0 Å². The predicted octanol–water partition coefficient (Wildman–Crippen LogP) is 2.66. The summed E-state index contributed by atoms with van der Waals surface area (Å²) in [6.45, 7) is 2.74. The van der Waals surface area contributed by atoms with E-state index in [1.54, 1.807) is 41.8 Å². The summed E-state index contributed by atoms with van der Waals surface area (Å²) >= 11 is 0. The van der Waals surface area contributed by atoms with Gasteiger partial charge in [-0.2, -0.15) is 13.2 Å². The van der Waals surface area contributed by atoms with Gasteiger partial charge in [0.15, 0.2) is 0 Å². The molecular weight excluding hydrogens is 391 g/mol. The Kier molecular flexibility index (Phi) is 9.43. The molecule has 3 N–H and O–H groups in total. The van der Waals surface area contributed by atoms with Gasteiger partial charge in [0.1, 0.15) is 0 Å². The Morgan fingerprint density at radius 2 is 1.69 bits per heavy atom. The fourth-order valence-electron chi connectivity index (χ4n) is 2.42. The van der Waals surface area contributed by atoms with Gasteiger partial charge in [0.2, 0.25) is 5.91 Å². The molecule has 1 atom stereocenters. The second-order valence-electron chi connectivity index (χ2n) is 6.24. The van der Waals surface area contributed by atoms with Crippen LogP contribution in [-0.4, -0.2) is 42.9 Å². The Labute approximate surface area is 167 Å². The number of unbranched alkanes of at least 4 members (excludes halogenated alkanes) is 1. The number of esters is 1. The number of halogens is 3. The highest BCUT2D eigenvalue weighted by Crippen LogP contribution is 2.30. The maximum absolute atomic E-state index is 13.8. The Hall–Kier alpha value is -2.78. The molecule has 0 saturated heterocycles. The van der Waals surface area contributed by atoms with Gasteiger partial charge in [-0.1, -0.05) is 43.7 Å². The lowest BCUT2D eigenvalue weighted by atomic mass is 10.1. The topological polar surface area (TPSA) is 96.5 Å². The number of benzene rings is 1. The number of ether oxygens (including phenoxy) is 1. The Morgan fingerprint density at radius 3 is 2.24 bits per heavy atom. The lowest BCUT2D eigenvalue weighted by Crippen LogP contribution is -2.74. The van der Waals surface area contributed by atoms with Crippen molar-refractivity contribution in [3.8, 4) is 0 Å². The van der Waals surface area contributed by atoms with E-state index in [1.165, 1.54) is 6.92 Å². The SMILES string of the molecule is CCCCC(=O)N[C@](NC(=O)NCCc1ccccc1)(C(=O)OCC)C(F)(F)F. The number of nitrogens with one attached hydrogen (secondary N) is 3. The zero-order valence-electron chi connectivity index (χ0n) is 16.4. The van der Waals surface area contributed by atoms with E-state index in [0.29, 0.717) is 19.3 Å². The van der Waals surface area contributed by atoms with Crippen LogP contribution in [0.1, 0.15) is 38.7 Å². The number of hydrogen-bond acceptors (Lipinski definition) is 4. The zero-order valence-corrected chi connectivity index (χ0v) is 16.4. The van der Waals surface area contributed by atoms with E-state index in [4.69, 9.17) is 0 Å². The minimum absolute atomic E-state index is 0.0242. The third-order valence-corrected chi connectivity index (χ3v) is 3.93. The molecule has 1 aromatic rings. The molecular formula is C19H26F3N3O4. The Balaban J connectivity index is 2.93. The summed E-state index contributed by atoms with van der Waals surface area (Å²) < 4.78 is 46.0. The molecule has 1 rings (SSSR count). The first-order chi connectivity index (χ1) is 13.7. The zero-order chi connectivity index (χ0) is 21.9. The molecule has 0 bridgehead atoms. The van der Waals surface area contributed by atoms with Crippen molar-refractivity contribution in [2.24, 2.45) is 0 Å². The van der Waals surface area contributed by atoms with Gasteiger partial charge in [0, 0.05) is 13.0 Å². The maximum atomic E-state index is 13.8. The van der Waals surface area contributed by atoms with Gasteiger partial charge in [-0.15, -0.1) is 0 Å². The van der Waals surface area contributed by atoms with E-state index >= 15 is 0 Å². The first-order valence-electron chi connectivity index (χ1n) is 9.31. The van der Waals surface area contributed by atoms with Crippen LogP contribution in [0.15, 0.2) is 30.3 Å². The van der Waals surface area contributed by atoms with Gasteiger partial charge >= 0.3 is 23.8 Å². The quantitative estimate of drug-likeness (QED) is 0.403. The van der Waals surface area contributed by atoms with Gasteiger partial charge in [-0.3, -0.25) is 10.1 Å². The molecule has 0 unspecified atom stereocenters. The van der Waals surface area contributed by atoms with Gasteiger partial charge in [-0.05, 0) is 25.3 Å². The van der Waals surface area contributed by atoms with E-state index in [9.17, 15) is 27.6 Å². The average Bonchev–Trinajstić information content (AvgIpc) is 2.66. The number of amides is 3. The first-order valence-corrected chi connectivity index (χ1v) is 9.31. The fourth-order valence-corrected chi connectivity index (χ4v) is 2.42. The van der Waals surface area contributed by atoms with Gasteiger partial charge in [-0.25, -0.2) is 9.59 Å². The maximum Gasteiger partial charge on any atom is 0.442 e. The highest BCUT2D eigenvalue weighted by Gasteiger charge is 2.64. The summed E-state index contributed by atoms with van der Waals surface area (Å²) in [6, 6.07) is 7.72. The molecule has 0 aromatic heterocycles. The minimum atomic E-state index is -5.32. The summed E-state index contributed by atoms with van der Waals surface area (Å²) in [7, 11) is 0. The standard InChI is InChI=1S/C19H26F3N3O4/c1-3-5-11-15(26)24-18(19(20,21)22,16(27)29-4-2)25-17(28)23-13-12-14-9-7-6-8-10-14/h6-10H,3-5,11-13H2,1-2H3,(H,24,26)(H2,23,25,28)/t18-/m0/s1. The Bertz CT molecular complexity index is 683. The van der Waals surface area contributed by atoms with Crippen LogP contribution in [-0.2, 0) is 20.7 Å². The highest BCUT2D eigenvalue weighted by atomic mass is 19.4. The number of carbonyl (C=O) groups excluding carboxylic acids is 3. The van der Waals surface area contributed by atoms with E-state index in [1.807, 2.05) is 6.07 Å². The summed E-state index contributed by atoms with van der Waals surface area (Å²) in [4.78, 5) is 36.2. The van der Waals surface area contributed by atoms with Crippen molar-refractivity contribution < 1.29 is 32.3 Å². The van der Waals surface area contributed by atoms with E-state index in [2.05, 4.69) is 10.1 Å². The third kappa shape index (κ3) is 7.28. The lowest BCUT2D eigenvalue weighted by molar-refractivity contribution is -0.218. The smallest absolute Gasteiger partial charge is 0.442 e. The van der Waals surface area contributed by atoms with Crippen LogP contribution in [0.25, 0.3) is 0 Å². The molecule has 7 nitrogen and oxygen atoms in total. The van der Waals surface area contributed by atoms with Crippen LogP contribution in [0.4, 0.5) is 18.0 Å². The van der Waals surface area contributed by atoms with E-state index in [-0.39, 0.29) is 19.6 Å². The molecule has 0 aliphatic carbocycles. The van der Waals surface area contributed by atoms with Crippen LogP contribution in [0.2, 0.25) is 0 Å². The van der Waals surface area contributed by atoms with Gasteiger partial charge in [0.25, 0.3) is 0 Å². The summed E-state index contributed by atoms with van der Waals surface area (Å²) in [6.07, 6.45) is -4.29. The van der Waals surface area contributed by atoms with Gasteiger partial charge in [0.05, 0.1) is 6.61 Å². The fraction of sp³-hybridized carbons (Fsp3) is 0.526. The number of hydrogen-bond donors (Lipinski definition) is 3. The van der Waals surface area contributed by atoms with Crippen LogP contribution in [0, 0.1) is 0 Å². The monoisotopic (exact) mass is 417 g/mol. The molecule has 10 heteroatoms. The molecule has 0 aliphatic rings. The summed E-state index contributed by atoms with van der Waals surface area (Å²) in [5, 5.41) is 5.45. The second kappa shape index (κ2) is 11.3. The molecule has 29 heavy (non-hydrogen) atoms. The van der Waals surface area contributed by atoms with Crippen molar-refractivity contribution in [3.05, 3.63) is 35.9 Å². The van der Waals surface area contributed by atoms with Crippen molar-refractivity contribution in [1.82, 2.24) is 16.0 Å². The average molecular weight is 417 g/mol. The van der Waals surface area contributed by atoms with Crippen molar-refractivity contribution in [2.75, 3.05) is 13.2 Å². The largest absolute Gasteiger partial charge is 0.463 e. The molecule has 0 spiro atoms. The normalized spacial score (nSPS) is 13.1. The van der Waals surface area contributed by atoms with E-state index < -0.39 is 29.7 Å². The first kappa shape index (κ1) is 24.3.